The fourth-order valence-corrected chi connectivity index (χ4v) is 2.04. The molecule has 0 heterocycles. The van der Waals surface area contributed by atoms with E-state index in [9.17, 15) is 9.18 Å². The van der Waals surface area contributed by atoms with Crippen molar-refractivity contribution < 1.29 is 14.3 Å². The van der Waals surface area contributed by atoms with E-state index >= 15 is 0 Å². The van der Waals surface area contributed by atoms with Gasteiger partial charge in [0.15, 0.2) is 0 Å². The maximum atomic E-state index is 13.5. The van der Waals surface area contributed by atoms with Crippen LogP contribution >= 0.6 is 0 Å². The molecule has 94 valence electrons. The number of nitriles is 1. The summed E-state index contributed by atoms with van der Waals surface area (Å²) in [5.74, 6) is -1.33. The van der Waals surface area contributed by atoms with Crippen molar-refractivity contribution in [1.29, 1.82) is 5.26 Å². The van der Waals surface area contributed by atoms with E-state index in [-0.39, 0.29) is 6.54 Å². The van der Waals surface area contributed by atoms with E-state index in [4.69, 9.17) is 10.4 Å². The fraction of sp³-hybridized carbons (Fsp3) is 0.385. The summed E-state index contributed by atoms with van der Waals surface area (Å²) in [6.45, 7) is 0.119. The van der Waals surface area contributed by atoms with Crippen molar-refractivity contribution in [2.45, 2.75) is 31.3 Å². The number of rotatable bonds is 4. The van der Waals surface area contributed by atoms with E-state index < -0.39 is 17.3 Å². The first-order valence-corrected chi connectivity index (χ1v) is 5.74. The normalized spacial score (nSPS) is 16.7. The van der Waals surface area contributed by atoms with Crippen LogP contribution in [0.15, 0.2) is 18.2 Å². The van der Waals surface area contributed by atoms with Gasteiger partial charge in [-0.25, -0.2) is 4.39 Å². The minimum Gasteiger partial charge on any atom is -0.480 e. The lowest BCUT2D eigenvalue weighted by atomic mass is 9.76. The van der Waals surface area contributed by atoms with Gasteiger partial charge in [0.1, 0.15) is 11.4 Å². The van der Waals surface area contributed by atoms with Crippen LogP contribution in [0.25, 0.3) is 0 Å². The van der Waals surface area contributed by atoms with Crippen molar-refractivity contribution in [2.24, 2.45) is 0 Å². The molecule has 1 saturated carbocycles. The van der Waals surface area contributed by atoms with Crippen LogP contribution in [0.1, 0.15) is 30.4 Å². The van der Waals surface area contributed by atoms with E-state index in [0.29, 0.717) is 24.0 Å². The Hall–Kier alpha value is -1.93. The molecule has 0 saturated heterocycles. The Morgan fingerprint density at radius 1 is 1.56 bits per heavy atom. The molecule has 2 N–H and O–H groups in total. The van der Waals surface area contributed by atoms with Crippen LogP contribution in [-0.4, -0.2) is 16.6 Å². The molecular formula is C13H13FN2O2. The number of hydrogen-bond acceptors (Lipinski definition) is 3. The molecule has 0 radical (unpaired) electrons. The molecule has 1 aliphatic rings. The highest BCUT2D eigenvalue weighted by molar-refractivity contribution is 5.79. The number of hydrogen-bond donors (Lipinski definition) is 2. The second kappa shape index (κ2) is 4.75. The van der Waals surface area contributed by atoms with Crippen LogP contribution < -0.4 is 5.32 Å². The van der Waals surface area contributed by atoms with Crippen molar-refractivity contribution in [2.75, 3.05) is 0 Å². The van der Waals surface area contributed by atoms with Gasteiger partial charge in [0.25, 0.3) is 0 Å². The first-order chi connectivity index (χ1) is 8.57. The molecule has 0 aliphatic heterocycles. The van der Waals surface area contributed by atoms with Crippen LogP contribution in [0.4, 0.5) is 4.39 Å². The second-order valence-electron chi connectivity index (χ2n) is 4.51. The predicted octanol–water partition coefficient (Wildman–Crippen LogP) is 1.79. The SMILES string of the molecule is N#Cc1ccc(F)c(CNC2(C(=O)O)CCC2)c1. The summed E-state index contributed by atoms with van der Waals surface area (Å²) in [6, 6.07) is 6.00. The zero-order valence-electron chi connectivity index (χ0n) is 9.74. The molecule has 0 unspecified atom stereocenters. The van der Waals surface area contributed by atoms with Crippen LogP contribution in [0.3, 0.4) is 0 Å². The average Bonchev–Trinajstić information content (AvgIpc) is 2.29. The summed E-state index contributed by atoms with van der Waals surface area (Å²) in [4.78, 5) is 11.1. The Balaban J connectivity index is 2.11. The predicted molar refractivity (Wildman–Crippen MR) is 62.2 cm³/mol. The largest absolute Gasteiger partial charge is 0.480 e. The highest BCUT2D eigenvalue weighted by atomic mass is 19.1. The molecule has 1 aromatic carbocycles. The van der Waals surface area contributed by atoms with Gasteiger partial charge in [-0.15, -0.1) is 0 Å². The zero-order chi connectivity index (χ0) is 13.2. The van der Waals surface area contributed by atoms with E-state index in [1.54, 1.807) is 0 Å². The molecule has 1 aliphatic carbocycles. The summed E-state index contributed by atoms with van der Waals surface area (Å²) in [5, 5.41) is 20.8. The third-order valence-corrected chi connectivity index (χ3v) is 3.41. The first-order valence-electron chi connectivity index (χ1n) is 5.74. The lowest BCUT2D eigenvalue weighted by molar-refractivity contribution is -0.148. The average molecular weight is 248 g/mol. The summed E-state index contributed by atoms with van der Waals surface area (Å²) in [5.41, 5.74) is -0.234. The van der Waals surface area contributed by atoms with E-state index in [0.717, 1.165) is 6.42 Å². The number of nitrogens with zero attached hydrogens (tertiary/aromatic N) is 1. The van der Waals surface area contributed by atoms with E-state index in [1.807, 2.05) is 6.07 Å². The fourth-order valence-electron chi connectivity index (χ4n) is 2.04. The molecule has 0 aromatic heterocycles. The van der Waals surface area contributed by atoms with Gasteiger partial charge in [-0.2, -0.15) is 5.26 Å². The number of benzene rings is 1. The molecule has 0 spiro atoms. The number of halogens is 1. The molecule has 0 amide bonds. The number of carboxylic acids is 1. The molecule has 1 fully saturated rings. The Labute approximate surface area is 104 Å². The lowest BCUT2D eigenvalue weighted by Gasteiger charge is -2.38. The minimum absolute atomic E-state index is 0.119. The number of carbonyl (C=O) groups is 1. The summed E-state index contributed by atoms with van der Waals surface area (Å²) < 4.78 is 13.5. The molecule has 18 heavy (non-hydrogen) atoms. The second-order valence-corrected chi connectivity index (χ2v) is 4.51. The van der Waals surface area contributed by atoms with Crippen molar-refractivity contribution in [3.05, 3.63) is 35.1 Å². The van der Waals surface area contributed by atoms with Crippen LogP contribution in [0, 0.1) is 17.1 Å². The van der Waals surface area contributed by atoms with Crippen molar-refractivity contribution in [3.8, 4) is 6.07 Å². The third-order valence-electron chi connectivity index (χ3n) is 3.41. The summed E-state index contributed by atoms with van der Waals surface area (Å²) >= 11 is 0. The highest BCUT2D eigenvalue weighted by Crippen LogP contribution is 2.32. The summed E-state index contributed by atoms with van der Waals surface area (Å²) in [7, 11) is 0. The van der Waals surface area contributed by atoms with Crippen LogP contribution in [0.5, 0.6) is 0 Å². The van der Waals surface area contributed by atoms with Crippen molar-refractivity contribution in [3.63, 3.8) is 0 Å². The molecule has 0 bridgehead atoms. The van der Waals surface area contributed by atoms with Gasteiger partial charge in [0.05, 0.1) is 11.6 Å². The van der Waals surface area contributed by atoms with Crippen molar-refractivity contribution in [1.82, 2.24) is 5.32 Å². The Morgan fingerprint density at radius 2 is 2.28 bits per heavy atom. The third kappa shape index (κ3) is 2.20. The molecule has 4 nitrogen and oxygen atoms in total. The summed E-state index contributed by atoms with van der Waals surface area (Å²) in [6.07, 6.45) is 1.98. The molecular weight excluding hydrogens is 235 g/mol. The van der Waals surface area contributed by atoms with E-state index in [1.165, 1.54) is 18.2 Å². The van der Waals surface area contributed by atoms with Gasteiger partial charge in [-0.05, 0) is 37.5 Å². The van der Waals surface area contributed by atoms with E-state index in [2.05, 4.69) is 5.32 Å². The number of aliphatic carboxylic acids is 1. The lowest BCUT2D eigenvalue weighted by Crippen LogP contribution is -2.56. The van der Waals surface area contributed by atoms with Gasteiger partial charge >= 0.3 is 5.97 Å². The van der Waals surface area contributed by atoms with Crippen LogP contribution in [0.2, 0.25) is 0 Å². The monoisotopic (exact) mass is 248 g/mol. The molecule has 5 heteroatoms. The smallest absolute Gasteiger partial charge is 0.323 e. The Kier molecular flexibility index (Phi) is 3.30. The van der Waals surface area contributed by atoms with Crippen LogP contribution in [-0.2, 0) is 11.3 Å². The van der Waals surface area contributed by atoms with Gasteiger partial charge in [-0.1, -0.05) is 0 Å². The molecule has 2 rings (SSSR count). The van der Waals surface area contributed by atoms with Gasteiger partial charge in [0.2, 0.25) is 0 Å². The molecule has 1 aromatic rings. The topological polar surface area (TPSA) is 73.1 Å². The molecule has 0 atom stereocenters. The first kappa shape index (κ1) is 12.5. The highest BCUT2D eigenvalue weighted by Gasteiger charge is 2.43. The zero-order valence-corrected chi connectivity index (χ0v) is 9.74. The Morgan fingerprint density at radius 3 is 2.78 bits per heavy atom. The maximum Gasteiger partial charge on any atom is 0.323 e. The Bertz CT molecular complexity index is 518. The minimum atomic E-state index is -0.922. The van der Waals surface area contributed by atoms with Gasteiger partial charge in [-0.3, -0.25) is 10.1 Å². The maximum absolute atomic E-state index is 13.5. The van der Waals surface area contributed by atoms with Gasteiger partial charge < -0.3 is 5.11 Å². The quantitative estimate of drug-likeness (QED) is 0.852. The number of carboxylic acid groups (broad SMARTS) is 1. The van der Waals surface area contributed by atoms with Gasteiger partial charge in [0, 0.05) is 12.1 Å². The standard InChI is InChI=1S/C13H13FN2O2/c14-11-3-2-9(7-15)6-10(11)8-16-13(12(17)18)4-1-5-13/h2-3,6,16H,1,4-5,8H2,(H,17,18). The van der Waals surface area contributed by atoms with Crippen molar-refractivity contribution >= 4 is 5.97 Å². The number of nitrogens with one attached hydrogen (secondary N) is 1.